The third-order valence-electron chi connectivity index (χ3n) is 1.74. The second kappa shape index (κ2) is 4.30. The van der Waals surface area contributed by atoms with Crippen molar-refractivity contribution in [2.75, 3.05) is 0 Å². The zero-order chi connectivity index (χ0) is 7.28. The van der Waals surface area contributed by atoms with Gasteiger partial charge in [-0.15, -0.1) is 0 Å². The predicted molar refractivity (Wildman–Crippen MR) is 42.0 cm³/mol. The number of hydrogen-bond donors (Lipinski definition) is 1. The Morgan fingerprint density at radius 1 is 1.67 bits per heavy atom. The lowest BCUT2D eigenvalue weighted by Crippen LogP contribution is -1.92. The minimum atomic E-state index is 0.631. The van der Waals surface area contributed by atoms with Crippen molar-refractivity contribution < 1.29 is 0 Å². The van der Waals surface area contributed by atoms with E-state index in [1.54, 1.807) is 0 Å². The van der Waals surface area contributed by atoms with Crippen LogP contribution in [0.4, 0.5) is 0 Å². The first-order chi connectivity index (χ1) is 4.22. The third-order valence-corrected chi connectivity index (χ3v) is 1.74. The van der Waals surface area contributed by atoms with Crippen LogP contribution in [0.3, 0.4) is 0 Å². The van der Waals surface area contributed by atoms with Gasteiger partial charge in [0.05, 0.1) is 0 Å². The summed E-state index contributed by atoms with van der Waals surface area (Å²) in [6, 6.07) is 0. The Bertz CT molecular complexity index is 114. The molecule has 0 spiro atoms. The Balaban J connectivity index is 3.84. The number of rotatable bonds is 3. The van der Waals surface area contributed by atoms with Crippen LogP contribution < -0.4 is 0 Å². The van der Waals surface area contributed by atoms with Gasteiger partial charge in [0.15, 0.2) is 0 Å². The molecule has 1 unspecified atom stereocenters. The van der Waals surface area contributed by atoms with Gasteiger partial charge in [-0.2, -0.15) is 0 Å². The van der Waals surface area contributed by atoms with E-state index in [4.69, 9.17) is 5.41 Å². The van der Waals surface area contributed by atoms with Crippen LogP contribution >= 0.6 is 0 Å². The van der Waals surface area contributed by atoms with Gasteiger partial charge in [-0.05, 0) is 25.3 Å². The molecule has 1 nitrogen and oxygen atoms in total. The van der Waals surface area contributed by atoms with E-state index in [2.05, 4.69) is 20.8 Å². The summed E-state index contributed by atoms with van der Waals surface area (Å²) in [4.78, 5) is 0. The third kappa shape index (κ3) is 3.07. The zero-order valence-electron chi connectivity index (χ0n) is 6.44. The highest BCUT2D eigenvalue weighted by atomic mass is 14.3. The molecular weight excluding hydrogens is 110 g/mol. The van der Waals surface area contributed by atoms with E-state index in [0.29, 0.717) is 5.92 Å². The van der Waals surface area contributed by atoms with Gasteiger partial charge in [0.1, 0.15) is 0 Å². The summed E-state index contributed by atoms with van der Waals surface area (Å²) in [5, 5.41) is 6.80. The van der Waals surface area contributed by atoms with Crippen LogP contribution in [-0.2, 0) is 0 Å². The molecule has 0 amide bonds. The number of nitrogens with one attached hydrogen (secondary N) is 1. The lowest BCUT2D eigenvalue weighted by Gasteiger charge is -2.06. The maximum Gasteiger partial charge on any atom is 0.0177 e. The fourth-order valence-corrected chi connectivity index (χ4v) is 0.618. The first-order valence-electron chi connectivity index (χ1n) is 3.39. The highest BCUT2D eigenvalue weighted by Crippen LogP contribution is 2.11. The van der Waals surface area contributed by atoms with E-state index in [1.807, 2.05) is 6.08 Å². The lowest BCUT2D eigenvalue weighted by atomic mass is 10.0. The van der Waals surface area contributed by atoms with Crippen LogP contribution in [0.25, 0.3) is 0 Å². The van der Waals surface area contributed by atoms with Gasteiger partial charge < -0.3 is 5.41 Å². The molecule has 0 saturated carbocycles. The Kier molecular flexibility index (Phi) is 4.02. The Morgan fingerprint density at radius 3 is 2.56 bits per heavy atom. The molecule has 0 aromatic carbocycles. The predicted octanol–water partition coefficient (Wildman–Crippen LogP) is 2.63. The molecule has 0 saturated heterocycles. The Hall–Kier alpha value is -0.590. The molecule has 0 rings (SSSR count). The largest absolute Gasteiger partial charge is 0.309 e. The number of allylic oxidation sites excluding steroid dienone is 2. The van der Waals surface area contributed by atoms with Crippen molar-refractivity contribution in [1.29, 1.82) is 5.41 Å². The van der Waals surface area contributed by atoms with Gasteiger partial charge in [0.2, 0.25) is 0 Å². The van der Waals surface area contributed by atoms with E-state index < -0.39 is 0 Å². The molecule has 0 radical (unpaired) electrons. The quantitative estimate of drug-likeness (QED) is 0.561. The van der Waals surface area contributed by atoms with Crippen molar-refractivity contribution in [3.8, 4) is 0 Å². The Labute approximate surface area is 57.3 Å². The van der Waals surface area contributed by atoms with Gasteiger partial charge >= 0.3 is 0 Å². The van der Waals surface area contributed by atoms with Crippen molar-refractivity contribution in [2.24, 2.45) is 5.92 Å². The van der Waals surface area contributed by atoms with Gasteiger partial charge in [-0.25, -0.2) is 0 Å². The normalized spacial score (nSPS) is 15.2. The summed E-state index contributed by atoms with van der Waals surface area (Å²) in [6.45, 7) is 6.40. The summed E-state index contributed by atoms with van der Waals surface area (Å²) in [5.74, 6) is 0.631. The van der Waals surface area contributed by atoms with Gasteiger partial charge in [0, 0.05) is 6.21 Å². The molecule has 1 heteroatoms. The van der Waals surface area contributed by atoms with E-state index >= 15 is 0 Å². The SMILES string of the molecule is CCC(C)/C(C)=C\C=N. The van der Waals surface area contributed by atoms with Crippen molar-refractivity contribution in [3.63, 3.8) is 0 Å². The summed E-state index contributed by atoms with van der Waals surface area (Å²) >= 11 is 0. The fourth-order valence-electron chi connectivity index (χ4n) is 0.618. The average Bonchev–Trinajstić information content (AvgIpc) is 1.87. The molecule has 0 fully saturated rings. The lowest BCUT2D eigenvalue weighted by molar-refractivity contribution is 0.656. The highest BCUT2D eigenvalue weighted by molar-refractivity contribution is 5.68. The summed E-state index contributed by atoms with van der Waals surface area (Å²) < 4.78 is 0. The molecule has 0 bridgehead atoms. The van der Waals surface area contributed by atoms with Crippen LogP contribution in [-0.4, -0.2) is 6.21 Å². The number of hydrogen-bond acceptors (Lipinski definition) is 1. The Morgan fingerprint density at radius 2 is 2.22 bits per heavy atom. The molecule has 0 aromatic heterocycles. The molecule has 9 heavy (non-hydrogen) atoms. The molecule has 1 atom stereocenters. The minimum Gasteiger partial charge on any atom is -0.309 e. The first kappa shape index (κ1) is 8.41. The minimum absolute atomic E-state index is 0.631. The van der Waals surface area contributed by atoms with Crippen molar-refractivity contribution >= 4 is 6.21 Å². The van der Waals surface area contributed by atoms with E-state index in [9.17, 15) is 0 Å². The van der Waals surface area contributed by atoms with Crippen LogP contribution in [0.5, 0.6) is 0 Å². The van der Waals surface area contributed by atoms with Crippen LogP contribution in [0.15, 0.2) is 11.6 Å². The van der Waals surface area contributed by atoms with Gasteiger partial charge in [-0.1, -0.05) is 19.4 Å². The van der Waals surface area contributed by atoms with E-state index in [-0.39, 0.29) is 0 Å². The van der Waals surface area contributed by atoms with Crippen molar-refractivity contribution in [3.05, 3.63) is 11.6 Å². The fraction of sp³-hybridized carbons (Fsp3) is 0.625. The summed E-state index contributed by atoms with van der Waals surface area (Å²) in [6.07, 6.45) is 4.37. The van der Waals surface area contributed by atoms with Crippen LogP contribution in [0.1, 0.15) is 27.2 Å². The van der Waals surface area contributed by atoms with Crippen molar-refractivity contribution in [2.45, 2.75) is 27.2 Å². The van der Waals surface area contributed by atoms with Crippen LogP contribution in [0, 0.1) is 11.3 Å². The van der Waals surface area contributed by atoms with Gasteiger partial charge in [0.25, 0.3) is 0 Å². The monoisotopic (exact) mass is 125 g/mol. The second-order valence-corrected chi connectivity index (χ2v) is 2.39. The summed E-state index contributed by atoms with van der Waals surface area (Å²) in [7, 11) is 0. The molecule has 1 N–H and O–H groups in total. The highest BCUT2D eigenvalue weighted by Gasteiger charge is 1.97. The van der Waals surface area contributed by atoms with E-state index in [1.165, 1.54) is 11.8 Å². The average molecular weight is 125 g/mol. The molecule has 0 aliphatic rings. The topological polar surface area (TPSA) is 23.9 Å². The van der Waals surface area contributed by atoms with E-state index in [0.717, 1.165) is 6.42 Å². The molecule has 0 aromatic rings. The van der Waals surface area contributed by atoms with Crippen molar-refractivity contribution in [1.82, 2.24) is 0 Å². The standard InChI is InChI=1S/C8H15N/c1-4-7(2)8(3)5-6-9/h5-7,9H,4H2,1-3H3/b8-5-,9-6?. The maximum absolute atomic E-state index is 6.80. The van der Waals surface area contributed by atoms with Gasteiger partial charge in [-0.3, -0.25) is 0 Å². The smallest absolute Gasteiger partial charge is 0.0177 e. The molecule has 0 heterocycles. The van der Waals surface area contributed by atoms with Crippen LogP contribution in [0.2, 0.25) is 0 Å². The molecule has 52 valence electrons. The molecule has 0 aliphatic carbocycles. The molecular formula is C8H15N. The zero-order valence-corrected chi connectivity index (χ0v) is 6.44. The maximum atomic E-state index is 6.80. The first-order valence-corrected chi connectivity index (χ1v) is 3.39. The second-order valence-electron chi connectivity index (χ2n) is 2.39. The molecule has 0 aliphatic heterocycles. The summed E-state index contributed by atoms with van der Waals surface area (Å²) in [5.41, 5.74) is 1.30.